The van der Waals surface area contributed by atoms with Gasteiger partial charge in [-0.25, -0.2) is 4.39 Å². The van der Waals surface area contributed by atoms with Crippen molar-refractivity contribution in [2.75, 3.05) is 0 Å². The molecule has 1 aromatic rings. The lowest BCUT2D eigenvalue weighted by molar-refractivity contribution is 0.173. The van der Waals surface area contributed by atoms with Crippen LogP contribution in [0, 0.1) is 5.82 Å². The smallest absolute Gasteiger partial charge is 0.125 e. The summed E-state index contributed by atoms with van der Waals surface area (Å²) >= 11 is 0. The predicted molar refractivity (Wildman–Crippen MR) is 59.9 cm³/mol. The fourth-order valence-corrected chi connectivity index (χ4v) is 2.14. The first-order valence-corrected chi connectivity index (χ1v) is 5.81. The summed E-state index contributed by atoms with van der Waals surface area (Å²) in [5.74, 6) is 0.276. The highest BCUT2D eigenvalue weighted by Crippen LogP contribution is 2.30. The second-order valence-corrected chi connectivity index (χ2v) is 4.38. The van der Waals surface area contributed by atoms with Gasteiger partial charge >= 0.3 is 0 Å². The van der Waals surface area contributed by atoms with E-state index in [-0.39, 0.29) is 11.9 Å². The first kappa shape index (κ1) is 11.4. The average molecular weight is 224 g/mol. The number of aliphatic hydroxyl groups excluding tert-OH is 1. The van der Waals surface area contributed by atoms with Gasteiger partial charge in [-0.15, -0.1) is 0 Å². The van der Waals surface area contributed by atoms with Crippen LogP contribution in [-0.4, -0.2) is 11.2 Å². The minimum absolute atomic E-state index is 0.225. The molecule has 0 aromatic heterocycles. The predicted octanol–water partition coefficient (Wildman–Crippen LogP) is 3.20. The topological polar surface area (TPSA) is 29.5 Å². The van der Waals surface area contributed by atoms with Gasteiger partial charge in [0.05, 0.1) is 12.2 Å². The van der Waals surface area contributed by atoms with E-state index in [4.69, 9.17) is 4.74 Å². The quantitative estimate of drug-likeness (QED) is 0.854. The lowest BCUT2D eigenvalue weighted by Gasteiger charge is -2.17. The monoisotopic (exact) mass is 224 g/mol. The molecule has 0 aliphatic heterocycles. The van der Waals surface area contributed by atoms with Gasteiger partial charge < -0.3 is 9.84 Å². The second-order valence-electron chi connectivity index (χ2n) is 4.38. The summed E-state index contributed by atoms with van der Waals surface area (Å²) in [6, 6.07) is 4.32. The van der Waals surface area contributed by atoms with Crippen LogP contribution in [0.25, 0.3) is 0 Å². The lowest BCUT2D eigenvalue weighted by atomic mass is 10.1. The summed E-state index contributed by atoms with van der Waals surface area (Å²) in [6.07, 6.45) is 4.01. The zero-order chi connectivity index (χ0) is 11.5. The third-order valence-corrected chi connectivity index (χ3v) is 3.02. The molecule has 0 heterocycles. The summed E-state index contributed by atoms with van der Waals surface area (Å²) < 4.78 is 18.9. The maximum absolute atomic E-state index is 13.1. The van der Waals surface area contributed by atoms with E-state index in [0.717, 1.165) is 12.8 Å². The van der Waals surface area contributed by atoms with Crippen molar-refractivity contribution in [3.8, 4) is 5.75 Å². The molecule has 1 fully saturated rings. The van der Waals surface area contributed by atoms with E-state index in [1.54, 1.807) is 13.0 Å². The van der Waals surface area contributed by atoms with Gasteiger partial charge in [0.2, 0.25) is 0 Å². The second kappa shape index (κ2) is 4.83. The Hall–Kier alpha value is -1.09. The highest BCUT2D eigenvalue weighted by molar-refractivity contribution is 5.35. The Morgan fingerprint density at radius 3 is 2.69 bits per heavy atom. The summed E-state index contributed by atoms with van der Waals surface area (Å²) in [7, 11) is 0. The molecule has 16 heavy (non-hydrogen) atoms. The largest absolute Gasteiger partial charge is 0.490 e. The number of halogens is 1. The maximum atomic E-state index is 13.1. The molecular weight excluding hydrogens is 207 g/mol. The van der Waals surface area contributed by atoms with E-state index < -0.39 is 6.10 Å². The Kier molecular flexibility index (Phi) is 3.44. The standard InChI is InChI=1S/C13H17FO2/c1-9(15)12-8-10(14)6-7-13(12)16-11-4-2-3-5-11/h6-9,11,15H,2-5H2,1H3. The first-order chi connectivity index (χ1) is 7.66. The van der Waals surface area contributed by atoms with Crippen molar-refractivity contribution in [2.45, 2.75) is 44.8 Å². The molecule has 3 heteroatoms. The third-order valence-electron chi connectivity index (χ3n) is 3.02. The van der Waals surface area contributed by atoms with Crippen LogP contribution in [0.4, 0.5) is 4.39 Å². The van der Waals surface area contributed by atoms with Gasteiger partial charge in [-0.2, -0.15) is 0 Å². The molecule has 1 unspecified atom stereocenters. The van der Waals surface area contributed by atoms with Crippen LogP contribution in [0.2, 0.25) is 0 Å². The number of rotatable bonds is 3. The summed E-state index contributed by atoms with van der Waals surface area (Å²) in [5, 5.41) is 9.56. The van der Waals surface area contributed by atoms with E-state index >= 15 is 0 Å². The van der Waals surface area contributed by atoms with Crippen LogP contribution >= 0.6 is 0 Å². The van der Waals surface area contributed by atoms with Gasteiger partial charge in [0.15, 0.2) is 0 Å². The Labute approximate surface area is 95.1 Å². The van der Waals surface area contributed by atoms with Gasteiger partial charge in [0.1, 0.15) is 11.6 Å². The molecule has 1 aliphatic carbocycles. The summed E-state index contributed by atoms with van der Waals surface area (Å²) in [6.45, 7) is 1.62. The highest BCUT2D eigenvalue weighted by Gasteiger charge is 2.19. The minimum atomic E-state index is -0.702. The highest BCUT2D eigenvalue weighted by atomic mass is 19.1. The zero-order valence-corrected chi connectivity index (χ0v) is 9.45. The Balaban J connectivity index is 2.18. The molecule has 1 atom stereocenters. The third kappa shape index (κ3) is 2.53. The van der Waals surface area contributed by atoms with E-state index in [2.05, 4.69) is 0 Å². The fraction of sp³-hybridized carbons (Fsp3) is 0.538. The van der Waals surface area contributed by atoms with Crippen molar-refractivity contribution in [2.24, 2.45) is 0 Å². The molecule has 0 spiro atoms. The van der Waals surface area contributed by atoms with Crippen LogP contribution in [0.3, 0.4) is 0 Å². The normalized spacial score (nSPS) is 18.7. The molecule has 0 bridgehead atoms. The van der Waals surface area contributed by atoms with Gasteiger partial charge in [0.25, 0.3) is 0 Å². The molecule has 0 amide bonds. The SMILES string of the molecule is CC(O)c1cc(F)ccc1OC1CCCC1. The molecule has 1 saturated carbocycles. The summed E-state index contributed by atoms with van der Waals surface area (Å²) in [5.41, 5.74) is 0.534. The maximum Gasteiger partial charge on any atom is 0.125 e. The molecule has 2 rings (SSSR count). The molecule has 0 saturated heterocycles. The van der Waals surface area contributed by atoms with Crippen molar-refractivity contribution < 1.29 is 14.2 Å². The fourth-order valence-electron chi connectivity index (χ4n) is 2.14. The van der Waals surface area contributed by atoms with Crippen LogP contribution < -0.4 is 4.74 Å². The Morgan fingerprint density at radius 2 is 2.06 bits per heavy atom. The number of hydrogen-bond donors (Lipinski definition) is 1. The molecule has 1 N–H and O–H groups in total. The van der Waals surface area contributed by atoms with Crippen LogP contribution in [0.1, 0.15) is 44.3 Å². The van der Waals surface area contributed by atoms with Gasteiger partial charge in [-0.1, -0.05) is 0 Å². The lowest BCUT2D eigenvalue weighted by Crippen LogP contribution is -2.13. The van der Waals surface area contributed by atoms with Crippen LogP contribution in [-0.2, 0) is 0 Å². The molecule has 1 aromatic carbocycles. The van der Waals surface area contributed by atoms with Gasteiger partial charge in [-0.05, 0) is 50.8 Å². The molecular formula is C13H17FO2. The minimum Gasteiger partial charge on any atom is -0.490 e. The molecule has 2 nitrogen and oxygen atoms in total. The molecule has 1 aliphatic rings. The number of hydrogen-bond acceptors (Lipinski definition) is 2. The molecule has 88 valence electrons. The zero-order valence-electron chi connectivity index (χ0n) is 9.45. The van der Waals surface area contributed by atoms with Crippen LogP contribution in [0.15, 0.2) is 18.2 Å². The van der Waals surface area contributed by atoms with Gasteiger partial charge in [-0.3, -0.25) is 0 Å². The first-order valence-electron chi connectivity index (χ1n) is 5.81. The van der Waals surface area contributed by atoms with Crippen molar-refractivity contribution in [3.63, 3.8) is 0 Å². The Bertz CT molecular complexity index is 357. The Morgan fingerprint density at radius 1 is 1.38 bits per heavy atom. The van der Waals surface area contributed by atoms with Crippen LogP contribution in [0.5, 0.6) is 5.75 Å². The van der Waals surface area contributed by atoms with Crippen molar-refractivity contribution in [1.29, 1.82) is 0 Å². The van der Waals surface area contributed by atoms with Crippen molar-refractivity contribution in [3.05, 3.63) is 29.6 Å². The number of benzene rings is 1. The van der Waals surface area contributed by atoms with E-state index in [9.17, 15) is 9.50 Å². The van der Waals surface area contributed by atoms with E-state index in [0.29, 0.717) is 11.3 Å². The summed E-state index contributed by atoms with van der Waals surface area (Å²) in [4.78, 5) is 0. The van der Waals surface area contributed by atoms with Crippen molar-refractivity contribution in [1.82, 2.24) is 0 Å². The van der Waals surface area contributed by atoms with E-state index in [1.807, 2.05) is 0 Å². The number of aliphatic hydroxyl groups is 1. The average Bonchev–Trinajstić information content (AvgIpc) is 2.73. The van der Waals surface area contributed by atoms with Crippen molar-refractivity contribution >= 4 is 0 Å². The van der Waals surface area contributed by atoms with E-state index in [1.165, 1.54) is 25.0 Å². The van der Waals surface area contributed by atoms with Gasteiger partial charge in [0, 0.05) is 5.56 Å². The number of ether oxygens (including phenoxy) is 1. The molecule has 0 radical (unpaired) electrons.